The molecule has 20 heavy (non-hydrogen) atoms. The van der Waals surface area contributed by atoms with Gasteiger partial charge in [0.1, 0.15) is 5.69 Å². The van der Waals surface area contributed by atoms with Gasteiger partial charge >= 0.3 is 0 Å². The number of piperidine rings is 1. The summed E-state index contributed by atoms with van der Waals surface area (Å²) in [5.41, 5.74) is 2.85. The molecule has 0 aromatic carbocycles. The normalized spacial score (nSPS) is 19.3. The smallest absolute Gasteiger partial charge is 0.274 e. The first-order valence-electron chi connectivity index (χ1n) is 6.94. The second-order valence-electron chi connectivity index (χ2n) is 5.43. The molecular weight excluding hydrogens is 254 g/mol. The highest BCUT2D eigenvalue weighted by Gasteiger charge is 2.28. The van der Waals surface area contributed by atoms with Crippen LogP contribution in [0.4, 0.5) is 0 Å². The minimum absolute atomic E-state index is 0.0208. The van der Waals surface area contributed by atoms with Crippen LogP contribution in [0.1, 0.15) is 40.5 Å². The highest BCUT2D eigenvalue weighted by atomic mass is 16.2. The number of nitrogens with one attached hydrogen (secondary N) is 1. The predicted octanol–water partition coefficient (Wildman–Crippen LogP) is 1.47. The molecule has 1 N–H and O–H groups in total. The quantitative estimate of drug-likeness (QED) is 0.901. The van der Waals surface area contributed by atoms with Crippen molar-refractivity contribution in [2.45, 2.75) is 25.7 Å². The Labute approximate surface area is 117 Å². The summed E-state index contributed by atoms with van der Waals surface area (Å²) in [6.07, 6.45) is 5.75. The maximum atomic E-state index is 12.4. The number of hydrogen-bond donors (Lipinski definition) is 1. The van der Waals surface area contributed by atoms with E-state index in [9.17, 15) is 4.79 Å². The molecule has 1 aliphatic heterocycles. The molecule has 0 aliphatic carbocycles. The third-order valence-electron chi connectivity index (χ3n) is 3.92. The second kappa shape index (κ2) is 5.11. The van der Waals surface area contributed by atoms with E-state index < -0.39 is 0 Å². The summed E-state index contributed by atoms with van der Waals surface area (Å²) in [5, 5.41) is 11.4. The Bertz CT molecular complexity index is 615. The molecule has 3 heterocycles. The van der Waals surface area contributed by atoms with Crippen LogP contribution in [-0.2, 0) is 7.05 Å². The van der Waals surface area contributed by atoms with Crippen molar-refractivity contribution in [3.05, 3.63) is 35.4 Å². The fourth-order valence-corrected chi connectivity index (χ4v) is 2.86. The van der Waals surface area contributed by atoms with E-state index in [2.05, 4.69) is 22.2 Å². The van der Waals surface area contributed by atoms with Gasteiger partial charge in [-0.2, -0.15) is 10.2 Å². The lowest BCUT2D eigenvalue weighted by Crippen LogP contribution is -2.39. The van der Waals surface area contributed by atoms with Crippen molar-refractivity contribution in [1.29, 1.82) is 0 Å². The summed E-state index contributed by atoms with van der Waals surface area (Å²) < 4.78 is 1.66. The fourth-order valence-electron chi connectivity index (χ4n) is 2.86. The molecule has 1 atom stereocenters. The van der Waals surface area contributed by atoms with Gasteiger partial charge in [-0.05, 0) is 31.4 Å². The first kappa shape index (κ1) is 12.9. The molecule has 6 heteroatoms. The Hall–Kier alpha value is -2.11. The Morgan fingerprint density at radius 2 is 2.35 bits per heavy atom. The Morgan fingerprint density at radius 1 is 1.50 bits per heavy atom. The van der Waals surface area contributed by atoms with Gasteiger partial charge < -0.3 is 4.90 Å². The van der Waals surface area contributed by atoms with Crippen molar-refractivity contribution in [1.82, 2.24) is 24.9 Å². The maximum Gasteiger partial charge on any atom is 0.274 e. The lowest BCUT2D eigenvalue weighted by Gasteiger charge is -2.32. The summed E-state index contributed by atoms with van der Waals surface area (Å²) in [5.74, 6) is 0.367. The number of aryl methyl sites for hydroxylation is 2. The molecule has 3 rings (SSSR count). The van der Waals surface area contributed by atoms with Crippen LogP contribution in [0.25, 0.3) is 0 Å². The minimum Gasteiger partial charge on any atom is -0.337 e. The zero-order valence-electron chi connectivity index (χ0n) is 11.8. The predicted molar refractivity (Wildman–Crippen MR) is 74.4 cm³/mol. The van der Waals surface area contributed by atoms with Crippen LogP contribution in [0, 0.1) is 6.92 Å². The third kappa shape index (κ3) is 2.33. The molecule has 0 bridgehead atoms. The van der Waals surface area contributed by atoms with Gasteiger partial charge in [0, 0.05) is 37.9 Å². The summed E-state index contributed by atoms with van der Waals surface area (Å²) in [4.78, 5) is 14.3. The van der Waals surface area contributed by atoms with Gasteiger partial charge in [-0.3, -0.25) is 14.6 Å². The first-order chi connectivity index (χ1) is 9.65. The molecule has 0 saturated carbocycles. The number of carbonyl (C=O) groups excluding carboxylic acids is 1. The van der Waals surface area contributed by atoms with Crippen molar-refractivity contribution in [2.75, 3.05) is 13.1 Å². The van der Waals surface area contributed by atoms with Gasteiger partial charge in [0.2, 0.25) is 0 Å². The molecule has 1 amide bonds. The third-order valence-corrected chi connectivity index (χ3v) is 3.92. The molecular formula is C14H19N5O. The van der Waals surface area contributed by atoms with Gasteiger partial charge in [-0.1, -0.05) is 0 Å². The van der Waals surface area contributed by atoms with E-state index in [0.29, 0.717) is 11.6 Å². The zero-order valence-corrected chi connectivity index (χ0v) is 11.8. The van der Waals surface area contributed by atoms with E-state index in [1.54, 1.807) is 16.9 Å². The Morgan fingerprint density at radius 3 is 3.00 bits per heavy atom. The van der Waals surface area contributed by atoms with Crippen molar-refractivity contribution in [3.63, 3.8) is 0 Å². The highest BCUT2D eigenvalue weighted by Crippen LogP contribution is 2.28. The number of hydrogen-bond acceptors (Lipinski definition) is 3. The van der Waals surface area contributed by atoms with Crippen LogP contribution in [0.2, 0.25) is 0 Å². The van der Waals surface area contributed by atoms with Crippen LogP contribution in [-0.4, -0.2) is 43.9 Å². The Balaban J connectivity index is 1.75. The number of aromatic nitrogens is 4. The highest BCUT2D eigenvalue weighted by molar-refractivity contribution is 5.92. The fraction of sp³-hybridized carbons (Fsp3) is 0.500. The van der Waals surface area contributed by atoms with Crippen LogP contribution in [0.3, 0.4) is 0 Å². The standard InChI is InChI=1S/C14H19N5O/c1-10-8-15-16-13(10)11-4-3-6-19(9-11)14(20)12-5-7-18(2)17-12/h5,7-8,11H,3-4,6,9H2,1-2H3,(H,15,16)/t11-/m1/s1. The molecule has 0 spiro atoms. The van der Waals surface area contributed by atoms with Crippen molar-refractivity contribution in [3.8, 4) is 0 Å². The molecule has 6 nitrogen and oxygen atoms in total. The maximum absolute atomic E-state index is 12.4. The van der Waals surface area contributed by atoms with Gasteiger partial charge in [-0.25, -0.2) is 0 Å². The second-order valence-corrected chi connectivity index (χ2v) is 5.43. The number of aromatic amines is 1. The molecule has 1 fully saturated rings. The first-order valence-corrected chi connectivity index (χ1v) is 6.94. The average molecular weight is 273 g/mol. The minimum atomic E-state index is 0.0208. The van der Waals surface area contributed by atoms with Crippen LogP contribution in [0.5, 0.6) is 0 Å². The lowest BCUT2D eigenvalue weighted by atomic mass is 9.93. The summed E-state index contributed by atoms with van der Waals surface area (Å²) in [6, 6.07) is 1.77. The summed E-state index contributed by atoms with van der Waals surface area (Å²) in [7, 11) is 1.82. The van der Waals surface area contributed by atoms with E-state index in [4.69, 9.17) is 0 Å². The monoisotopic (exact) mass is 273 g/mol. The number of nitrogens with zero attached hydrogens (tertiary/aromatic N) is 4. The number of H-pyrrole nitrogens is 1. The van der Waals surface area contributed by atoms with Crippen LogP contribution in [0.15, 0.2) is 18.5 Å². The van der Waals surface area contributed by atoms with E-state index >= 15 is 0 Å². The van der Waals surface area contributed by atoms with Gasteiger partial charge in [0.15, 0.2) is 0 Å². The molecule has 1 saturated heterocycles. The number of rotatable bonds is 2. The van der Waals surface area contributed by atoms with E-state index in [-0.39, 0.29) is 5.91 Å². The SMILES string of the molecule is Cc1cn[nH]c1[C@@H]1CCCN(C(=O)c2ccn(C)n2)C1. The largest absolute Gasteiger partial charge is 0.337 e. The lowest BCUT2D eigenvalue weighted by molar-refractivity contribution is 0.0699. The number of likely N-dealkylation sites (tertiary alicyclic amines) is 1. The average Bonchev–Trinajstić information content (AvgIpc) is 3.07. The van der Waals surface area contributed by atoms with Crippen molar-refractivity contribution in [2.24, 2.45) is 7.05 Å². The van der Waals surface area contributed by atoms with E-state index in [1.165, 1.54) is 5.56 Å². The molecule has 2 aromatic heterocycles. The molecule has 0 radical (unpaired) electrons. The van der Waals surface area contributed by atoms with Gasteiger partial charge in [0.25, 0.3) is 5.91 Å². The topological polar surface area (TPSA) is 66.8 Å². The molecule has 0 unspecified atom stereocenters. The molecule has 2 aromatic rings. The summed E-state index contributed by atoms with van der Waals surface area (Å²) in [6.45, 7) is 3.59. The van der Waals surface area contributed by atoms with Crippen LogP contribution >= 0.6 is 0 Å². The van der Waals surface area contributed by atoms with Crippen LogP contribution < -0.4 is 0 Å². The van der Waals surface area contributed by atoms with E-state index in [0.717, 1.165) is 31.6 Å². The molecule has 106 valence electrons. The Kier molecular flexibility index (Phi) is 3.30. The summed E-state index contributed by atoms with van der Waals surface area (Å²) >= 11 is 0. The number of carbonyl (C=O) groups is 1. The molecule has 1 aliphatic rings. The van der Waals surface area contributed by atoms with E-state index in [1.807, 2.05) is 18.1 Å². The van der Waals surface area contributed by atoms with Crippen molar-refractivity contribution >= 4 is 5.91 Å². The van der Waals surface area contributed by atoms with Gasteiger partial charge in [0.05, 0.1) is 6.20 Å². The van der Waals surface area contributed by atoms with Crippen molar-refractivity contribution < 1.29 is 4.79 Å². The number of amides is 1. The van der Waals surface area contributed by atoms with Gasteiger partial charge in [-0.15, -0.1) is 0 Å². The zero-order chi connectivity index (χ0) is 14.1.